The molecule has 0 aliphatic rings. The van der Waals surface area contributed by atoms with Gasteiger partial charge in [-0.2, -0.15) is 0 Å². The van der Waals surface area contributed by atoms with E-state index in [1.807, 2.05) is 60.0 Å². The fourth-order valence-electron chi connectivity index (χ4n) is 3.01. The number of hydrogen-bond donors (Lipinski definition) is 1. The third-order valence-corrected chi connectivity index (χ3v) is 5.87. The minimum atomic E-state index is -0.214. The maximum atomic E-state index is 12.5. The van der Waals surface area contributed by atoms with E-state index < -0.39 is 0 Å². The first-order valence-electron chi connectivity index (χ1n) is 9.75. The van der Waals surface area contributed by atoms with Crippen molar-refractivity contribution in [2.75, 3.05) is 18.2 Å². The van der Waals surface area contributed by atoms with Gasteiger partial charge in [-0.25, -0.2) is 4.98 Å². The first kappa shape index (κ1) is 21.9. The minimum absolute atomic E-state index is 0.137. The summed E-state index contributed by atoms with van der Waals surface area (Å²) in [7, 11) is 1.63. The number of carbonyl (C=O) groups is 1. The highest BCUT2D eigenvalue weighted by molar-refractivity contribution is 7.99. The molecular formula is C23H20ClN5O2S. The Morgan fingerprint density at radius 3 is 2.53 bits per heavy atom. The van der Waals surface area contributed by atoms with Crippen LogP contribution in [0.3, 0.4) is 0 Å². The van der Waals surface area contributed by atoms with Gasteiger partial charge in [0.05, 0.1) is 18.6 Å². The lowest BCUT2D eigenvalue weighted by molar-refractivity contribution is -0.113. The lowest BCUT2D eigenvalue weighted by atomic mass is 10.2. The van der Waals surface area contributed by atoms with Crippen LogP contribution in [0.15, 0.2) is 72.0 Å². The van der Waals surface area contributed by atoms with E-state index in [0.29, 0.717) is 16.7 Å². The maximum absolute atomic E-state index is 12.5. The number of ether oxygens (including phenoxy) is 1. The zero-order chi connectivity index (χ0) is 22.5. The lowest BCUT2D eigenvalue weighted by Gasteiger charge is -2.11. The van der Waals surface area contributed by atoms with Gasteiger partial charge in [0, 0.05) is 17.4 Å². The van der Waals surface area contributed by atoms with Gasteiger partial charge in [-0.1, -0.05) is 41.1 Å². The second-order valence-electron chi connectivity index (χ2n) is 6.88. The van der Waals surface area contributed by atoms with E-state index in [1.165, 1.54) is 11.8 Å². The number of nitrogens with zero attached hydrogens (tertiary/aromatic N) is 4. The first-order valence-corrected chi connectivity index (χ1v) is 11.1. The number of anilines is 1. The molecule has 0 saturated carbocycles. The number of thioether (sulfide) groups is 1. The number of benzene rings is 2. The second kappa shape index (κ2) is 9.84. The predicted molar refractivity (Wildman–Crippen MR) is 127 cm³/mol. The highest BCUT2D eigenvalue weighted by Gasteiger charge is 2.18. The van der Waals surface area contributed by atoms with Crippen molar-refractivity contribution in [2.45, 2.75) is 12.1 Å². The zero-order valence-electron chi connectivity index (χ0n) is 17.4. The SMILES string of the molecule is COc1ccc(-c2nnc(SCC(=O)Nc3cccnc3Cl)n2-c2ccc(C)cc2)cc1. The van der Waals surface area contributed by atoms with E-state index in [1.54, 1.807) is 25.4 Å². The molecule has 2 heterocycles. The fraction of sp³-hybridized carbons (Fsp3) is 0.130. The molecule has 0 atom stereocenters. The van der Waals surface area contributed by atoms with Crippen LogP contribution >= 0.6 is 23.4 Å². The molecule has 32 heavy (non-hydrogen) atoms. The smallest absolute Gasteiger partial charge is 0.234 e. The highest BCUT2D eigenvalue weighted by Crippen LogP contribution is 2.29. The number of rotatable bonds is 7. The fourth-order valence-corrected chi connectivity index (χ4v) is 3.93. The molecule has 0 aliphatic heterocycles. The van der Waals surface area contributed by atoms with Crippen LogP contribution in [0, 0.1) is 6.92 Å². The van der Waals surface area contributed by atoms with Gasteiger partial charge < -0.3 is 10.1 Å². The zero-order valence-corrected chi connectivity index (χ0v) is 19.0. The van der Waals surface area contributed by atoms with Gasteiger partial charge in [-0.3, -0.25) is 9.36 Å². The predicted octanol–water partition coefficient (Wildman–Crippen LogP) is 5.03. The van der Waals surface area contributed by atoms with Gasteiger partial charge in [0.2, 0.25) is 5.91 Å². The molecule has 4 rings (SSSR count). The van der Waals surface area contributed by atoms with Gasteiger partial charge in [-0.05, 0) is 55.5 Å². The monoisotopic (exact) mass is 465 g/mol. The molecule has 4 aromatic rings. The Labute approximate surface area is 194 Å². The number of aryl methyl sites for hydroxylation is 1. The molecule has 0 aliphatic carbocycles. The number of halogens is 1. The third-order valence-electron chi connectivity index (χ3n) is 4.64. The normalized spacial score (nSPS) is 10.7. The van der Waals surface area contributed by atoms with E-state index in [2.05, 4.69) is 20.5 Å². The van der Waals surface area contributed by atoms with Crippen LogP contribution in [0.4, 0.5) is 5.69 Å². The van der Waals surface area contributed by atoms with Crippen molar-refractivity contribution in [3.63, 3.8) is 0 Å². The van der Waals surface area contributed by atoms with E-state index in [4.69, 9.17) is 16.3 Å². The molecule has 0 fully saturated rings. The second-order valence-corrected chi connectivity index (χ2v) is 8.18. The summed E-state index contributed by atoms with van der Waals surface area (Å²) in [6.45, 7) is 2.03. The van der Waals surface area contributed by atoms with E-state index >= 15 is 0 Å². The van der Waals surface area contributed by atoms with Crippen LogP contribution in [-0.4, -0.2) is 38.5 Å². The standard InChI is InChI=1S/C23H20ClN5O2S/c1-15-5-9-17(10-6-15)29-22(16-7-11-18(31-2)12-8-16)27-28-23(29)32-14-20(30)26-19-4-3-13-25-21(19)24/h3-13H,14H2,1-2H3,(H,26,30). The van der Waals surface area contributed by atoms with Gasteiger partial charge in [0.25, 0.3) is 0 Å². The van der Waals surface area contributed by atoms with Crippen LogP contribution in [0.25, 0.3) is 17.1 Å². The van der Waals surface area contributed by atoms with Gasteiger partial charge in [-0.15, -0.1) is 10.2 Å². The third kappa shape index (κ3) is 4.92. The Kier molecular flexibility index (Phi) is 6.72. The summed E-state index contributed by atoms with van der Waals surface area (Å²) in [4.78, 5) is 16.5. The Bertz CT molecular complexity index is 1230. The van der Waals surface area contributed by atoms with Crippen LogP contribution < -0.4 is 10.1 Å². The van der Waals surface area contributed by atoms with E-state index in [-0.39, 0.29) is 16.8 Å². The summed E-state index contributed by atoms with van der Waals surface area (Å²) in [6, 6.07) is 19.1. The summed E-state index contributed by atoms with van der Waals surface area (Å²) in [5.74, 6) is 1.36. The minimum Gasteiger partial charge on any atom is -0.497 e. The quantitative estimate of drug-likeness (QED) is 0.304. The molecule has 162 valence electrons. The van der Waals surface area contributed by atoms with Gasteiger partial charge in [0.15, 0.2) is 16.1 Å². The van der Waals surface area contributed by atoms with E-state index in [0.717, 1.165) is 22.6 Å². The molecule has 0 spiro atoms. The van der Waals surface area contributed by atoms with Gasteiger partial charge >= 0.3 is 0 Å². The average Bonchev–Trinajstić information content (AvgIpc) is 3.24. The largest absolute Gasteiger partial charge is 0.497 e. The molecule has 2 aromatic heterocycles. The van der Waals surface area contributed by atoms with Crippen molar-refractivity contribution >= 4 is 35.0 Å². The molecule has 1 N–H and O–H groups in total. The van der Waals surface area contributed by atoms with Crippen molar-refractivity contribution in [3.05, 3.63) is 77.6 Å². The molecule has 0 saturated heterocycles. The van der Waals surface area contributed by atoms with Crippen molar-refractivity contribution in [1.29, 1.82) is 0 Å². The van der Waals surface area contributed by atoms with Crippen molar-refractivity contribution in [2.24, 2.45) is 0 Å². The molecule has 9 heteroatoms. The average molecular weight is 466 g/mol. The number of nitrogens with one attached hydrogen (secondary N) is 1. The number of amides is 1. The Balaban J connectivity index is 1.61. The Hall–Kier alpha value is -3.36. The van der Waals surface area contributed by atoms with Crippen LogP contribution in [-0.2, 0) is 4.79 Å². The molecule has 7 nitrogen and oxygen atoms in total. The number of hydrogen-bond acceptors (Lipinski definition) is 6. The topological polar surface area (TPSA) is 81.9 Å². The summed E-state index contributed by atoms with van der Waals surface area (Å²) in [5.41, 5.74) is 3.41. The van der Waals surface area contributed by atoms with Crippen molar-refractivity contribution < 1.29 is 9.53 Å². The van der Waals surface area contributed by atoms with E-state index in [9.17, 15) is 4.79 Å². The molecule has 0 radical (unpaired) electrons. The number of pyridine rings is 1. The Morgan fingerprint density at radius 2 is 1.84 bits per heavy atom. The van der Waals surface area contributed by atoms with Crippen molar-refractivity contribution in [1.82, 2.24) is 19.7 Å². The van der Waals surface area contributed by atoms with Crippen LogP contribution in [0.2, 0.25) is 5.15 Å². The van der Waals surface area contributed by atoms with Gasteiger partial charge in [0.1, 0.15) is 5.75 Å². The summed E-state index contributed by atoms with van der Waals surface area (Å²) in [6.07, 6.45) is 1.57. The molecule has 0 bridgehead atoms. The first-order chi connectivity index (χ1) is 15.5. The maximum Gasteiger partial charge on any atom is 0.234 e. The van der Waals surface area contributed by atoms with Crippen LogP contribution in [0.5, 0.6) is 5.75 Å². The summed E-state index contributed by atoms with van der Waals surface area (Å²) in [5, 5.41) is 12.4. The molecule has 2 aromatic carbocycles. The van der Waals surface area contributed by atoms with Crippen LogP contribution in [0.1, 0.15) is 5.56 Å². The summed E-state index contributed by atoms with van der Waals surface area (Å²) >= 11 is 7.32. The molecule has 1 amide bonds. The number of carbonyl (C=O) groups excluding carboxylic acids is 1. The number of aromatic nitrogens is 4. The lowest BCUT2D eigenvalue weighted by Crippen LogP contribution is -2.15. The Morgan fingerprint density at radius 1 is 1.09 bits per heavy atom. The molecule has 0 unspecified atom stereocenters. The number of methoxy groups -OCH3 is 1. The summed E-state index contributed by atoms with van der Waals surface area (Å²) < 4.78 is 7.20. The van der Waals surface area contributed by atoms with Crippen molar-refractivity contribution in [3.8, 4) is 22.8 Å². The molecular weight excluding hydrogens is 446 g/mol. The highest BCUT2D eigenvalue weighted by atomic mass is 35.5.